The summed E-state index contributed by atoms with van der Waals surface area (Å²) in [6, 6.07) is 0. The van der Waals surface area contributed by atoms with E-state index in [4.69, 9.17) is 0 Å². The first-order valence-corrected chi connectivity index (χ1v) is 4.83. The van der Waals surface area contributed by atoms with Crippen LogP contribution in [0.3, 0.4) is 0 Å². The molecule has 0 bridgehead atoms. The van der Waals surface area contributed by atoms with E-state index in [1.165, 1.54) is 19.3 Å². The van der Waals surface area contributed by atoms with Gasteiger partial charge in [0.25, 0.3) is 0 Å². The van der Waals surface area contributed by atoms with Crippen molar-refractivity contribution in [1.82, 2.24) is 0 Å². The van der Waals surface area contributed by atoms with Crippen LogP contribution in [0.25, 0.3) is 0 Å². The summed E-state index contributed by atoms with van der Waals surface area (Å²) >= 11 is 0. The van der Waals surface area contributed by atoms with Crippen molar-refractivity contribution in [3.05, 3.63) is 0 Å². The van der Waals surface area contributed by atoms with Crippen molar-refractivity contribution in [2.45, 2.75) is 52.1 Å². The minimum absolute atomic E-state index is 0.310. The molecule has 1 aliphatic rings. The molecule has 0 heterocycles. The number of hydrogen-bond acceptors (Lipinski definition) is 1. The molecule has 11 heavy (non-hydrogen) atoms. The van der Waals surface area contributed by atoms with Crippen LogP contribution >= 0.6 is 0 Å². The molecular formula is C10H20O. The Balaban J connectivity index is 2.44. The van der Waals surface area contributed by atoms with Crippen LogP contribution in [-0.4, -0.2) is 10.7 Å². The maximum atomic E-state index is 10.1. The third-order valence-corrected chi connectivity index (χ3v) is 3.41. The van der Waals surface area contributed by atoms with Gasteiger partial charge in [-0.1, -0.05) is 27.2 Å². The Hall–Kier alpha value is -0.0400. The van der Waals surface area contributed by atoms with Gasteiger partial charge in [0.15, 0.2) is 0 Å². The molecule has 1 rings (SSSR count). The highest BCUT2D eigenvalue weighted by atomic mass is 16.3. The van der Waals surface area contributed by atoms with E-state index in [9.17, 15) is 5.11 Å². The predicted molar refractivity (Wildman–Crippen MR) is 47.4 cm³/mol. The van der Waals surface area contributed by atoms with Crippen molar-refractivity contribution < 1.29 is 5.11 Å². The van der Waals surface area contributed by atoms with Gasteiger partial charge in [-0.25, -0.2) is 0 Å². The van der Waals surface area contributed by atoms with Gasteiger partial charge in [-0.05, 0) is 31.1 Å². The summed E-state index contributed by atoms with van der Waals surface area (Å²) in [5.74, 6) is 1.03. The van der Waals surface area contributed by atoms with E-state index in [-0.39, 0.29) is 5.60 Å². The molecule has 1 nitrogen and oxygen atoms in total. The van der Waals surface area contributed by atoms with E-state index >= 15 is 0 Å². The highest BCUT2D eigenvalue weighted by molar-refractivity contribution is 4.96. The Labute approximate surface area is 69.8 Å². The first-order chi connectivity index (χ1) is 5.11. The fourth-order valence-corrected chi connectivity index (χ4v) is 2.14. The smallest absolute Gasteiger partial charge is 0.0698 e. The predicted octanol–water partition coefficient (Wildman–Crippen LogP) is 2.58. The molecule has 1 saturated carbocycles. The second-order valence-electron chi connectivity index (χ2n) is 4.12. The highest BCUT2D eigenvalue weighted by Crippen LogP contribution is 2.44. The van der Waals surface area contributed by atoms with Crippen LogP contribution in [0.15, 0.2) is 0 Å². The van der Waals surface area contributed by atoms with E-state index < -0.39 is 0 Å². The number of rotatable bonds is 3. The molecular weight excluding hydrogens is 136 g/mol. The molecule has 0 saturated heterocycles. The number of hydrogen-bond donors (Lipinski definition) is 1. The van der Waals surface area contributed by atoms with Gasteiger partial charge in [0.1, 0.15) is 0 Å². The maximum absolute atomic E-state index is 10.1. The van der Waals surface area contributed by atoms with Gasteiger partial charge in [0, 0.05) is 0 Å². The van der Waals surface area contributed by atoms with Crippen LogP contribution in [0.5, 0.6) is 0 Å². The van der Waals surface area contributed by atoms with Crippen LogP contribution in [0.4, 0.5) is 0 Å². The Morgan fingerprint density at radius 2 is 2.27 bits per heavy atom. The normalized spacial score (nSPS) is 39.8. The van der Waals surface area contributed by atoms with Crippen molar-refractivity contribution >= 4 is 0 Å². The van der Waals surface area contributed by atoms with Crippen LogP contribution in [0.2, 0.25) is 0 Å². The molecule has 1 heteroatoms. The summed E-state index contributed by atoms with van der Waals surface area (Å²) in [4.78, 5) is 0. The second kappa shape index (κ2) is 3.14. The van der Waals surface area contributed by atoms with Crippen molar-refractivity contribution in [3.63, 3.8) is 0 Å². The van der Waals surface area contributed by atoms with Gasteiger partial charge >= 0.3 is 0 Å². The summed E-state index contributed by atoms with van der Waals surface area (Å²) in [5, 5.41) is 10.1. The third kappa shape index (κ3) is 1.44. The lowest BCUT2D eigenvalue weighted by Crippen LogP contribution is -2.50. The molecule has 0 radical (unpaired) electrons. The molecule has 0 aromatic heterocycles. The molecule has 3 unspecified atom stereocenters. The number of aliphatic hydroxyl groups is 1. The quantitative estimate of drug-likeness (QED) is 0.666. The third-order valence-electron chi connectivity index (χ3n) is 3.41. The zero-order valence-electron chi connectivity index (χ0n) is 7.93. The molecule has 0 spiro atoms. The van der Waals surface area contributed by atoms with Crippen LogP contribution in [-0.2, 0) is 0 Å². The van der Waals surface area contributed by atoms with Gasteiger partial charge in [0.2, 0.25) is 0 Å². The lowest BCUT2D eigenvalue weighted by molar-refractivity contribution is -0.127. The zero-order chi connectivity index (χ0) is 8.48. The van der Waals surface area contributed by atoms with Gasteiger partial charge in [0.05, 0.1) is 5.60 Å². The minimum Gasteiger partial charge on any atom is -0.389 e. The Bertz CT molecular complexity index is 133. The van der Waals surface area contributed by atoms with Crippen molar-refractivity contribution in [2.24, 2.45) is 11.8 Å². The second-order valence-corrected chi connectivity index (χ2v) is 4.12. The summed E-state index contributed by atoms with van der Waals surface area (Å²) in [6.07, 6.45) is 4.59. The van der Waals surface area contributed by atoms with E-state index in [0.29, 0.717) is 11.8 Å². The molecule has 66 valence electrons. The van der Waals surface area contributed by atoms with Crippen molar-refractivity contribution in [1.29, 1.82) is 0 Å². The van der Waals surface area contributed by atoms with Gasteiger partial charge in [-0.2, -0.15) is 0 Å². The maximum Gasteiger partial charge on any atom is 0.0698 e. The van der Waals surface area contributed by atoms with E-state index in [2.05, 4.69) is 20.8 Å². The topological polar surface area (TPSA) is 20.2 Å². The standard InChI is InChI=1S/C10H20O/c1-4-5-8(2)10(11)7-6-9(10)3/h8-9,11H,4-7H2,1-3H3. The Morgan fingerprint density at radius 1 is 1.64 bits per heavy atom. The SMILES string of the molecule is CCCC(C)C1(O)CCC1C. The molecule has 1 fully saturated rings. The zero-order valence-corrected chi connectivity index (χ0v) is 7.93. The van der Waals surface area contributed by atoms with E-state index in [1.54, 1.807) is 0 Å². The summed E-state index contributed by atoms with van der Waals surface area (Å²) in [5.41, 5.74) is -0.310. The summed E-state index contributed by atoms with van der Waals surface area (Å²) in [6.45, 7) is 6.53. The lowest BCUT2D eigenvalue weighted by Gasteiger charge is -2.48. The highest BCUT2D eigenvalue weighted by Gasteiger charge is 2.45. The van der Waals surface area contributed by atoms with Crippen LogP contribution in [0.1, 0.15) is 46.5 Å². The van der Waals surface area contributed by atoms with Crippen LogP contribution < -0.4 is 0 Å². The van der Waals surface area contributed by atoms with E-state index in [0.717, 1.165) is 6.42 Å². The fraction of sp³-hybridized carbons (Fsp3) is 1.00. The summed E-state index contributed by atoms with van der Waals surface area (Å²) < 4.78 is 0. The van der Waals surface area contributed by atoms with Crippen molar-refractivity contribution in [3.8, 4) is 0 Å². The molecule has 1 aliphatic carbocycles. The Morgan fingerprint density at radius 3 is 2.55 bits per heavy atom. The van der Waals surface area contributed by atoms with Crippen molar-refractivity contribution in [2.75, 3.05) is 0 Å². The van der Waals surface area contributed by atoms with E-state index in [1.807, 2.05) is 0 Å². The Kier molecular flexibility index (Phi) is 2.58. The van der Waals surface area contributed by atoms with Crippen LogP contribution in [0, 0.1) is 11.8 Å². The van der Waals surface area contributed by atoms with Gasteiger partial charge in [-0.3, -0.25) is 0 Å². The fourth-order valence-electron chi connectivity index (χ4n) is 2.14. The average Bonchev–Trinajstić information content (AvgIpc) is 2.01. The summed E-state index contributed by atoms with van der Waals surface area (Å²) in [7, 11) is 0. The molecule has 3 atom stereocenters. The average molecular weight is 156 g/mol. The minimum atomic E-state index is -0.310. The monoisotopic (exact) mass is 156 g/mol. The molecule has 0 amide bonds. The molecule has 0 aliphatic heterocycles. The first-order valence-electron chi connectivity index (χ1n) is 4.83. The van der Waals surface area contributed by atoms with Gasteiger partial charge < -0.3 is 5.11 Å². The molecule has 0 aromatic carbocycles. The largest absolute Gasteiger partial charge is 0.389 e. The molecule has 1 N–H and O–H groups in total. The first kappa shape index (κ1) is 9.05. The lowest BCUT2D eigenvalue weighted by atomic mass is 9.63. The molecule has 0 aromatic rings. The van der Waals surface area contributed by atoms with Gasteiger partial charge in [-0.15, -0.1) is 0 Å².